The van der Waals surface area contributed by atoms with Gasteiger partial charge in [-0.15, -0.1) is 0 Å². The van der Waals surface area contributed by atoms with Crippen LogP contribution in [0.1, 0.15) is 38.8 Å². The van der Waals surface area contributed by atoms with Crippen LogP contribution in [-0.4, -0.2) is 36.1 Å². The van der Waals surface area contributed by atoms with E-state index in [4.69, 9.17) is 9.47 Å². The summed E-state index contributed by atoms with van der Waals surface area (Å²) in [5.41, 5.74) is 1.62. The number of ether oxygens (including phenoxy) is 2. The van der Waals surface area contributed by atoms with Crippen molar-refractivity contribution < 1.29 is 9.47 Å². The predicted octanol–water partition coefficient (Wildman–Crippen LogP) is 3.56. The van der Waals surface area contributed by atoms with Gasteiger partial charge in [0.2, 0.25) is 11.8 Å². The Hall–Kier alpha value is -1.36. The van der Waals surface area contributed by atoms with Crippen molar-refractivity contribution in [2.24, 2.45) is 9.98 Å². The smallest absolute Gasteiger partial charge is 0.217 e. The molecule has 1 aromatic carbocycles. The lowest BCUT2D eigenvalue weighted by Crippen LogP contribution is -2.17. The minimum atomic E-state index is -0.157. The SMILES string of the molecule is CC1(C)COC(c2ccc(C3=NC(C)(C)CO3)c(Br)c2)=N1. The van der Waals surface area contributed by atoms with Gasteiger partial charge in [0.25, 0.3) is 0 Å². The highest BCUT2D eigenvalue weighted by molar-refractivity contribution is 9.10. The number of hydrogen-bond donors (Lipinski definition) is 0. The molecule has 112 valence electrons. The molecule has 0 saturated heterocycles. The van der Waals surface area contributed by atoms with Crippen LogP contribution in [-0.2, 0) is 9.47 Å². The first-order valence-corrected chi connectivity index (χ1v) is 7.81. The van der Waals surface area contributed by atoms with Gasteiger partial charge in [-0.1, -0.05) is 0 Å². The number of hydrogen-bond acceptors (Lipinski definition) is 4. The first kappa shape index (κ1) is 14.6. The lowest BCUT2D eigenvalue weighted by atomic mass is 10.1. The normalized spacial score (nSPS) is 22.3. The van der Waals surface area contributed by atoms with Crippen molar-refractivity contribution in [2.45, 2.75) is 38.8 Å². The fourth-order valence-corrected chi connectivity index (χ4v) is 2.82. The van der Waals surface area contributed by atoms with Crippen molar-refractivity contribution in [3.05, 3.63) is 33.8 Å². The summed E-state index contributed by atoms with van der Waals surface area (Å²) < 4.78 is 12.3. The molecule has 0 amide bonds. The molecule has 1 aromatic rings. The van der Waals surface area contributed by atoms with Crippen molar-refractivity contribution >= 4 is 27.7 Å². The van der Waals surface area contributed by atoms with Crippen LogP contribution in [0, 0.1) is 0 Å². The summed E-state index contributed by atoms with van der Waals surface area (Å²) in [5, 5.41) is 0. The van der Waals surface area contributed by atoms with Crippen molar-refractivity contribution in [2.75, 3.05) is 13.2 Å². The van der Waals surface area contributed by atoms with Crippen LogP contribution in [0.3, 0.4) is 0 Å². The molecular weight excluding hydrogens is 332 g/mol. The third-order valence-electron chi connectivity index (χ3n) is 3.38. The molecule has 2 aliphatic heterocycles. The van der Waals surface area contributed by atoms with E-state index in [9.17, 15) is 0 Å². The maximum absolute atomic E-state index is 5.69. The van der Waals surface area contributed by atoms with Gasteiger partial charge >= 0.3 is 0 Å². The largest absolute Gasteiger partial charge is 0.475 e. The zero-order valence-corrected chi connectivity index (χ0v) is 14.3. The van der Waals surface area contributed by atoms with Gasteiger partial charge in [-0.25, -0.2) is 9.98 Å². The summed E-state index contributed by atoms with van der Waals surface area (Å²) in [4.78, 5) is 9.20. The topological polar surface area (TPSA) is 43.2 Å². The Morgan fingerprint density at radius 1 is 0.952 bits per heavy atom. The molecule has 0 radical (unpaired) electrons. The molecular formula is C16H19BrN2O2. The Labute approximate surface area is 133 Å². The van der Waals surface area contributed by atoms with E-state index in [-0.39, 0.29) is 11.1 Å². The Balaban J connectivity index is 1.91. The van der Waals surface area contributed by atoms with Gasteiger partial charge in [-0.05, 0) is 61.8 Å². The molecule has 0 fully saturated rings. The minimum absolute atomic E-state index is 0.150. The van der Waals surface area contributed by atoms with Crippen molar-refractivity contribution in [1.82, 2.24) is 0 Å². The first-order chi connectivity index (χ1) is 9.76. The second kappa shape index (κ2) is 4.83. The van der Waals surface area contributed by atoms with E-state index in [2.05, 4.69) is 53.6 Å². The summed E-state index contributed by atoms with van der Waals surface area (Å²) in [7, 11) is 0. The van der Waals surface area contributed by atoms with E-state index in [1.165, 1.54) is 0 Å². The summed E-state index contributed by atoms with van der Waals surface area (Å²) >= 11 is 3.60. The highest BCUT2D eigenvalue weighted by Crippen LogP contribution is 2.28. The lowest BCUT2D eigenvalue weighted by Gasteiger charge is -2.08. The standard InChI is InChI=1S/C16H19BrN2O2/c1-15(2)8-20-13(18-15)10-5-6-11(12(17)7-10)14-19-16(3,4)9-21-14/h5-7H,8-9H2,1-4H3. The fraction of sp³-hybridized carbons (Fsp3) is 0.500. The number of halogens is 1. The average molecular weight is 351 g/mol. The molecule has 4 nitrogen and oxygen atoms in total. The van der Waals surface area contributed by atoms with Gasteiger partial charge in [-0.2, -0.15) is 0 Å². The summed E-state index contributed by atoms with van der Waals surface area (Å²) in [6, 6.07) is 6.00. The minimum Gasteiger partial charge on any atom is -0.475 e. The van der Waals surface area contributed by atoms with Crippen molar-refractivity contribution in [3.63, 3.8) is 0 Å². The van der Waals surface area contributed by atoms with E-state index in [1.54, 1.807) is 0 Å². The molecule has 0 aromatic heterocycles. The highest BCUT2D eigenvalue weighted by Gasteiger charge is 2.29. The predicted molar refractivity (Wildman–Crippen MR) is 87.3 cm³/mol. The molecule has 0 aliphatic carbocycles. The monoisotopic (exact) mass is 350 g/mol. The van der Waals surface area contributed by atoms with Crippen LogP contribution in [0.25, 0.3) is 0 Å². The summed E-state index contributed by atoms with van der Waals surface area (Å²) in [6.07, 6.45) is 0. The van der Waals surface area contributed by atoms with Crippen LogP contribution in [0.5, 0.6) is 0 Å². The van der Waals surface area contributed by atoms with Crippen LogP contribution < -0.4 is 0 Å². The van der Waals surface area contributed by atoms with Crippen LogP contribution >= 0.6 is 15.9 Å². The second-order valence-electron chi connectivity index (χ2n) is 6.73. The van der Waals surface area contributed by atoms with E-state index < -0.39 is 0 Å². The lowest BCUT2D eigenvalue weighted by molar-refractivity contribution is 0.279. The average Bonchev–Trinajstić information content (AvgIpc) is 2.92. The quantitative estimate of drug-likeness (QED) is 0.818. The van der Waals surface area contributed by atoms with Crippen LogP contribution in [0.4, 0.5) is 0 Å². The molecule has 3 rings (SSSR count). The number of benzene rings is 1. The van der Waals surface area contributed by atoms with Crippen molar-refractivity contribution in [3.8, 4) is 0 Å². The Morgan fingerprint density at radius 3 is 2.00 bits per heavy atom. The van der Waals surface area contributed by atoms with Crippen molar-refractivity contribution in [1.29, 1.82) is 0 Å². The van der Waals surface area contributed by atoms with Crippen LogP contribution in [0.2, 0.25) is 0 Å². The van der Waals surface area contributed by atoms with E-state index in [0.29, 0.717) is 25.0 Å². The zero-order chi connectivity index (χ0) is 15.3. The van der Waals surface area contributed by atoms with E-state index in [0.717, 1.165) is 15.6 Å². The molecule has 5 heteroatoms. The zero-order valence-electron chi connectivity index (χ0n) is 12.7. The molecule has 0 atom stereocenters. The molecule has 2 heterocycles. The van der Waals surface area contributed by atoms with Gasteiger partial charge in [-0.3, -0.25) is 0 Å². The third-order valence-corrected chi connectivity index (χ3v) is 4.04. The molecule has 0 spiro atoms. The molecule has 21 heavy (non-hydrogen) atoms. The Kier molecular flexibility index (Phi) is 3.35. The molecule has 0 saturated carbocycles. The number of nitrogens with zero attached hydrogens (tertiary/aromatic N) is 2. The van der Waals surface area contributed by atoms with E-state index >= 15 is 0 Å². The summed E-state index contributed by atoms with van der Waals surface area (Å²) in [5.74, 6) is 1.38. The highest BCUT2D eigenvalue weighted by atomic mass is 79.9. The van der Waals surface area contributed by atoms with Gasteiger partial charge in [0.1, 0.15) is 13.2 Å². The van der Waals surface area contributed by atoms with Crippen LogP contribution in [0.15, 0.2) is 32.7 Å². The second-order valence-corrected chi connectivity index (χ2v) is 7.59. The Morgan fingerprint density at radius 2 is 1.52 bits per heavy atom. The van der Waals surface area contributed by atoms with Gasteiger partial charge in [0.05, 0.1) is 16.6 Å². The fourth-order valence-electron chi connectivity index (χ4n) is 2.28. The maximum atomic E-state index is 5.69. The van der Waals surface area contributed by atoms with E-state index in [1.807, 2.05) is 18.2 Å². The molecule has 0 unspecified atom stereocenters. The third kappa shape index (κ3) is 2.98. The number of aliphatic imine (C=N–C) groups is 2. The molecule has 0 N–H and O–H groups in total. The summed E-state index contributed by atoms with van der Waals surface area (Å²) in [6.45, 7) is 9.47. The molecule has 0 bridgehead atoms. The maximum Gasteiger partial charge on any atom is 0.217 e. The van der Waals surface area contributed by atoms with Gasteiger partial charge in [0.15, 0.2) is 0 Å². The molecule has 2 aliphatic rings. The van der Waals surface area contributed by atoms with Gasteiger partial charge in [0, 0.05) is 10.0 Å². The first-order valence-electron chi connectivity index (χ1n) is 7.01. The number of rotatable bonds is 2. The Bertz CT molecular complexity index is 648. The van der Waals surface area contributed by atoms with Gasteiger partial charge < -0.3 is 9.47 Å².